The second-order valence-electron chi connectivity index (χ2n) is 4.01. The lowest BCUT2D eigenvalue weighted by atomic mass is 9.82. The van der Waals surface area contributed by atoms with E-state index in [-0.39, 0.29) is 6.04 Å². The van der Waals surface area contributed by atoms with Gasteiger partial charge in [-0.1, -0.05) is 20.3 Å². The summed E-state index contributed by atoms with van der Waals surface area (Å²) < 4.78 is 0. The van der Waals surface area contributed by atoms with Gasteiger partial charge in [-0.15, -0.1) is 0 Å². The Labute approximate surface area is 79.5 Å². The number of carboxylic acid groups (broad SMARTS) is 1. The van der Waals surface area contributed by atoms with E-state index in [1.165, 1.54) is 0 Å². The summed E-state index contributed by atoms with van der Waals surface area (Å²) in [7, 11) is 0. The molecule has 1 heterocycles. The van der Waals surface area contributed by atoms with E-state index in [0.717, 1.165) is 25.8 Å². The topological polar surface area (TPSA) is 49.3 Å². The molecule has 3 unspecified atom stereocenters. The molecule has 0 spiro atoms. The van der Waals surface area contributed by atoms with Crippen LogP contribution in [0, 0.1) is 11.8 Å². The van der Waals surface area contributed by atoms with Gasteiger partial charge in [-0.3, -0.25) is 4.79 Å². The largest absolute Gasteiger partial charge is 0.480 e. The molecular formula is C10H19NO2. The zero-order valence-electron chi connectivity index (χ0n) is 8.42. The van der Waals surface area contributed by atoms with Crippen molar-refractivity contribution in [1.82, 2.24) is 5.32 Å². The first-order valence-electron chi connectivity index (χ1n) is 5.11. The predicted molar refractivity (Wildman–Crippen MR) is 51.6 cm³/mol. The summed E-state index contributed by atoms with van der Waals surface area (Å²) in [5.74, 6) is 0.546. The fourth-order valence-corrected chi connectivity index (χ4v) is 1.99. The quantitative estimate of drug-likeness (QED) is 0.700. The molecule has 3 atom stereocenters. The first-order chi connectivity index (χ1) is 6.15. The molecule has 13 heavy (non-hydrogen) atoms. The molecular weight excluding hydrogens is 166 g/mol. The Kier molecular flexibility index (Phi) is 3.72. The van der Waals surface area contributed by atoms with Crippen molar-refractivity contribution in [1.29, 1.82) is 0 Å². The third-order valence-corrected chi connectivity index (χ3v) is 3.19. The van der Waals surface area contributed by atoms with Crippen LogP contribution in [0.3, 0.4) is 0 Å². The molecule has 0 aromatic rings. The highest BCUT2D eigenvalue weighted by molar-refractivity contribution is 5.73. The Morgan fingerprint density at radius 2 is 2.38 bits per heavy atom. The normalized spacial score (nSPS) is 31.2. The Balaban J connectivity index is 2.46. The van der Waals surface area contributed by atoms with Gasteiger partial charge >= 0.3 is 5.97 Å². The lowest BCUT2D eigenvalue weighted by Crippen LogP contribution is -2.44. The van der Waals surface area contributed by atoms with Crippen molar-refractivity contribution in [3.05, 3.63) is 0 Å². The SMILES string of the molecule is CCC(C)C1CCNC(C(=O)O)C1. The summed E-state index contributed by atoms with van der Waals surface area (Å²) in [4.78, 5) is 10.7. The monoisotopic (exact) mass is 185 g/mol. The first kappa shape index (κ1) is 10.5. The smallest absolute Gasteiger partial charge is 0.320 e. The Hall–Kier alpha value is -0.570. The number of nitrogens with one attached hydrogen (secondary N) is 1. The van der Waals surface area contributed by atoms with Gasteiger partial charge in [0.1, 0.15) is 6.04 Å². The maximum absolute atomic E-state index is 10.7. The van der Waals surface area contributed by atoms with Gasteiger partial charge in [0, 0.05) is 0 Å². The van der Waals surface area contributed by atoms with Crippen LogP contribution in [0.25, 0.3) is 0 Å². The number of hydrogen-bond donors (Lipinski definition) is 2. The fourth-order valence-electron chi connectivity index (χ4n) is 1.99. The molecule has 0 radical (unpaired) electrons. The van der Waals surface area contributed by atoms with Crippen molar-refractivity contribution in [3.63, 3.8) is 0 Å². The van der Waals surface area contributed by atoms with Crippen LogP contribution in [0.1, 0.15) is 33.1 Å². The minimum atomic E-state index is -0.701. The van der Waals surface area contributed by atoms with Crippen LogP contribution >= 0.6 is 0 Å². The molecule has 1 fully saturated rings. The number of aliphatic carboxylic acids is 1. The minimum absolute atomic E-state index is 0.312. The van der Waals surface area contributed by atoms with E-state index < -0.39 is 5.97 Å². The van der Waals surface area contributed by atoms with Gasteiger partial charge in [-0.05, 0) is 31.2 Å². The number of rotatable bonds is 3. The molecule has 1 aliphatic rings. The molecule has 1 rings (SSSR count). The van der Waals surface area contributed by atoms with Crippen molar-refractivity contribution in [2.75, 3.05) is 6.54 Å². The van der Waals surface area contributed by atoms with E-state index in [1.807, 2.05) is 0 Å². The van der Waals surface area contributed by atoms with E-state index >= 15 is 0 Å². The highest BCUT2D eigenvalue weighted by Gasteiger charge is 2.28. The van der Waals surface area contributed by atoms with Crippen LogP contribution in [0.5, 0.6) is 0 Å². The lowest BCUT2D eigenvalue weighted by molar-refractivity contribution is -0.140. The molecule has 1 saturated heterocycles. The molecule has 0 aromatic heterocycles. The highest BCUT2D eigenvalue weighted by Crippen LogP contribution is 2.26. The third-order valence-electron chi connectivity index (χ3n) is 3.19. The van der Waals surface area contributed by atoms with Gasteiger partial charge in [0.25, 0.3) is 0 Å². The summed E-state index contributed by atoms with van der Waals surface area (Å²) >= 11 is 0. The summed E-state index contributed by atoms with van der Waals surface area (Å²) in [5, 5.41) is 11.9. The van der Waals surface area contributed by atoms with Crippen molar-refractivity contribution in [2.45, 2.75) is 39.2 Å². The molecule has 2 N–H and O–H groups in total. The van der Waals surface area contributed by atoms with Crippen LogP contribution in [0.15, 0.2) is 0 Å². The first-order valence-corrected chi connectivity index (χ1v) is 5.11. The van der Waals surface area contributed by atoms with Crippen LogP contribution in [0.2, 0.25) is 0 Å². The third kappa shape index (κ3) is 2.69. The van der Waals surface area contributed by atoms with E-state index in [2.05, 4.69) is 19.2 Å². The molecule has 3 heteroatoms. The molecule has 3 nitrogen and oxygen atoms in total. The van der Waals surface area contributed by atoms with Crippen molar-refractivity contribution in [2.24, 2.45) is 11.8 Å². The average molecular weight is 185 g/mol. The molecule has 0 amide bonds. The van der Waals surface area contributed by atoms with Gasteiger partial charge < -0.3 is 10.4 Å². The minimum Gasteiger partial charge on any atom is -0.480 e. The molecule has 0 bridgehead atoms. The summed E-state index contributed by atoms with van der Waals surface area (Å²) in [6.07, 6.45) is 3.07. The maximum atomic E-state index is 10.7. The van der Waals surface area contributed by atoms with Gasteiger partial charge in [0.2, 0.25) is 0 Å². The average Bonchev–Trinajstić information content (AvgIpc) is 2.17. The molecule has 0 aromatic carbocycles. The molecule has 1 aliphatic heterocycles. The van der Waals surface area contributed by atoms with Crippen molar-refractivity contribution in [3.8, 4) is 0 Å². The fraction of sp³-hybridized carbons (Fsp3) is 0.900. The lowest BCUT2D eigenvalue weighted by Gasteiger charge is -2.31. The van der Waals surface area contributed by atoms with Crippen LogP contribution in [-0.2, 0) is 4.79 Å². The van der Waals surface area contributed by atoms with E-state index in [4.69, 9.17) is 5.11 Å². The Morgan fingerprint density at radius 1 is 1.69 bits per heavy atom. The number of carbonyl (C=O) groups is 1. The number of hydrogen-bond acceptors (Lipinski definition) is 2. The Morgan fingerprint density at radius 3 is 2.92 bits per heavy atom. The van der Waals surface area contributed by atoms with E-state index in [0.29, 0.717) is 11.8 Å². The van der Waals surface area contributed by atoms with Gasteiger partial charge in [0.05, 0.1) is 0 Å². The molecule has 76 valence electrons. The predicted octanol–water partition coefficient (Wildman–Crippen LogP) is 1.49. The van der Waals surface area contributed by atoms with Crippen LogP contribution in [0.4, 0.5) is 0 Å². The van der Waals surface area contributed by atoms with Crippen molar-refractivity contribution < 1.29 is 9.90 Å². The second kappa shape index (κ2) is 4.61. The highest BCUT2D eigenvalue weighted by atomic mass is 16.4. The number of carboxylic acids is 1. The summed E-state index contributed by atoms with van der Waals surface area (Å²) in [6, 6.07) is -0.312. The van der Waals surface area contributed by atoms with Gasteiger partial charge in [-0.25, -0.2) is 0 Å². The van der Waals surface area contributed by atoms with Crippen LogP contribution < -0.4 is 5.32 Å². The standard InChI is InChI=1S/C10H19NO2/c1-3-7(2)8-4-5-11-9(6-8)10(12)13/h7-9,11H,3-6H2,1-2H3,(H,12,13). The van der Waals surface area contributed by atoms with E-state index in [1.54, 1.807) is 0 Å². The molecule has 0 saturated carbocycles. The summed E-state index contributed by atoms with van der Waals surface area (Å²) in [5.41, 5.74) is 0. The summed E-state index contributed by atoms with van der Waals surface area (Å²) in [6.45, 7) is 5.24. The zero-order valence-corrected chi connectivity index (χ0v) is 8.42. The molecule has 0 aliphatic carbocycles. The Bertz CT molecular complexity index is 182. The van der Waals surface area contributed by atoms with Gasteiger partial charge in [0.15, 0.2) is 0 Å². The zero-order chi connectivity index (χ0) is 9.84. The van der Waals surface area contributed by atoms with Gasteiger partial charge in [-0.2, -0.15) is 0 Å². The number of piperidine rings is 1. The van der Waals surface area contributed by atoms with Crippen LogP contribution in [-0.4, -0.2) is 23.7 Å². The van der Waals surface area contributed by atoms with Crippen molar-refractivity contribution >= 4 is 5.97 Å². The van der Waals surface area contributed by atoms with E-state index in [9.17, 15) is 4.79 Å². The second-order valence-corrected chi connectivity index (χ2v) is 4.01. The maximum Gasteiger partial charge on any atom is 0.320 e.